The molecule has 0 bridgehead atoms. The lowest BCUT2D eigenvalue weighted by molar-refractivity contribution is -0.141. The fourth-order valence-corrected chi connectivity index (χ4v) is 1.60. The first-order valence-corrected chi connectivity index (χ1v) is 5.82. The summed E-state index contributed by atoms with van der Waals surface area (Å²) >= 11 is 0. The van der Waals surface area contributed by atoms with Gasteiger partial charge >= 0.3 is 12.1 Å². The summed E-state index contributed by atoms with van der Waals surface area (Å²) in [7, 11) is 0. The molecule has 2 N–H and O–H groups in total. The van der Waals surface area contributed by atoms with Gasteiger partial charge in [0.05, 0.1) is 5.56 Å². The van der Waals surface area contributed by atoms with E-state index in [1.807, 2.05) is 0 Å². The number of carbonyl (C=O) groups is 1. The molecule has 0 saturated heterocycles. The van der Waals surface area contributed by atoms with Crippen LogP contribution in [0.4, 0.5) is 19.1 Å². The zero-order valence-electron chi connectivity index (χ0n) is 10.6. The molecule has 1 aromatic heterocycles. The molecule has 1 heterocycles. The number of hydrogen-bond acceptors (Lipinski definition) is 4. The Hall–Kier alpha value is -2.64. The number of anilines is 1. The summed E-state index contributed by atoms with van der Waals surface area (Å²) in [5, 5.41) is 11.5. The van der Waals surface area contributed by atoms with Gasteiger partial charge in [0.1, 0.15) is 5.69 Å². The van der Waals surface area contributed by atoms with Gasteiger partial charge in [-0.15, -0.1) is 0 Å². The van der Waals surface area contributed by atoms with Gasteiger partial charge < -0.3 is 10.4 Å². The molecule has 0 aliphatic rings. The van der Waals surface area contributed by atoms with Crippen LogP contribution in [-0.4, -0.2) is 21.0 Å². The predicted octanol–water partition coefficient (Wildman–Crippen LogP) is 2.81. The van der Waals surface area contributed by atoms with Crippen LogP contribution >= 0.6 is 0 Å². The van der Waals surface area contributed by atoms with Crippen molar-refractivity contribution in [3.05, 3.63) is 53.3 Å². The van der Waals surface area contributed by atoms with E-state index in [0.717, 1.165) is 12.3 Å². The number of aromatic nitrogens is 2. The number of hydrogen-bond donors (Lipinski definition) is 2. The van der Waals surface area contributed by atoms with Crippen molar-refractivity contribution >= 4 is 11.9 Å². The van der Waals surface area contributed by atoms with E-state index in [2.05, 4.69) is 15.3 Å². The molecule has 0 fully saturated rings. The molecule has 0 aliphatic heterocycles. The molecule has 0 unspecified atom stereocenters. The normalized spacial score (nSPS) is 11.2. The first kappa shape index (κ1) is 14.8. The average Bonchev–Trinajstić information content (AvgIpc) is 2.45. The second-order valence-corrected chi connectivity index (χ2v) is 4.12. The fourth-order valence-electron chi connectivity index (χ4n) is 1.60. The van der Waals surface area contributed by atoms with Gasteiger partial charge in [-0.1, -0.05) is 12.1 Å². The van der Waals surface area contributed by atoms with Crippen molar-refractivity contribution < 1.29 is 23.1 Å². The smallest absolute Gasteiger partial charge is 0.433 e. The van der Waals surface area contributed by atoms with E-state index in [-0.39, 0.29) is 18.1 Å². The lowest BCUT2D eigenvalue weighted by Crippen LogP contribution is -2.11. The highest BCUT2D eigenvalue weighted by molar-refractivity contribution is 5.87. The molecule has 1 aromatic carbocycles. The Morgan fingerprint density at radius 1 is 1.29 bits per heavy atom. The van der Waals surface area contributed by atoms with Gasteiger partial charge in [0.25, 0.3) is 0 Å². The number of alkyl halides is 3. The Kier molecular flexibility index (Phi) is 4.06. The number of rotatable bonds is 4. The van der Waals surface area contributed by atoms with Gasteiger partial charge in [-0.05, 0) is 23.8 Å². The van der Waals surface area contributed by atoms with E-state index in [9.17, 15) is 18.0 Å². The molecule has 8 heteroatoms. The first-order chi connectivity index (χ1) is 9.86. The minimum Gasteiger partial charge on any atom is -0.478 e. The third kappa shape index (κ3) is 3.91. The van der Waals surface area contributed by atoms with Crippen LogP contribution in [0, 0.1) is 0 Å². The maximum absolute atomic E-state index is 12.5. The van der Waals surface area contributed by atoms with Crippen LogP contribution in [0.3, 0.4) is 0 Å². The van der Waals surface area contributed by atoms with Crippen LogP contribution < -0.4 is 5.32 Å². The molecule has 2 aromatic rings. The van der Waals surface area contributed by atoms with E-state index in [0.29, 0.717) is 5.56 Å². The molecular formula is C13H10F3N3O2. The lowest BCUT2D eigenvalue weighted by Gasteiger charge is -2.09. The van der Waals surface area contributed by atoms with Crippen LogP contribution in [0.1, 0.15) is 21.6 Å². The SMILES string of the molecule is O=C(O)c1cccc(CNc2nccc(C(F)(F)F)n2)c1. The quantitative estimate of drug-likeness (QED) is 0.907. The van der Waals surface area contributed by atoms with Crippen molar-refractivity contribution in [3.8, 4) is 0 Å². The second-order valence-electron chi connectivity index (χ2n) is 4.12. The van der Waals surface area contributed by atoms with Gasteiger partial charge in [0.2, 0.25) is 5.95 Å². The topological polar surface area (TPSA) is 75.1 Å². The molecule has 21 heavy (non-hydrogen) atoms. The van der Waals surface area contributed by atoms with Crippen molar-refractivity contribution in [2.75, 3.05) is 5.32 Å². The lowest BCUT2D eigenvalue weighted by atomic mass is 10.1. The van der Waals surface area contributed by atoms with Gasteiger partial charge in [0, 0.05) is 12.7 Å². The molecule has 0 atom stereocenters. The molecule has 0 radical (unpaired) electrons. The van der Waals surface area contributed by atoms with Gasteiger partial charge in [0.15, 0.2) is 0 Å². The Labute approximate surface area is 117 Å². The van der Waals surface area contributed by atoms with Crippen LogP contribution in [-0.2, 0) is 12.7 Å². The number of aromatic carboxylic acids is 1. The third-order valence-corrected chi connectivity index (χ3v) is 2.57. The average molecular weight is 297 g/mol. The Morgan fingerprint density at radius 2 is 2.05 bits per heavy atom. The number of benzene rings is 1. The summed E-state index contributed by atoms with van der Waals surface area (Å²) in [4.78, 5) is 17.9. The maximum Gasteiger partial charge on any atom is 0.433 e. The Morgan fingerprint density at radius 3 is 2.71 bits per heavy atom. The van der Waals surface area contributed by atoms with Crippen molar-refractivity contribution in [1.82, 2.24) is 9.97 Å². The van der Waals surface area contributed by atoms with E-state index < -0.39 is 17.8 Å². The van der Waals surface area contributed by atoms with Gasteiger partial charge in [-0.2, -0.15) is 13.2 Å². The summed E-state index contributed by atoms with van der Waals surface area (Å²) < 4.78 is 37.5. The highest BCUT2D eigenvalue weighted by atomic mass is 19.4. The van der Waals surface area contributed by atoms with Crippen LogP contribution in [0.15, 0.2) is 36.5 Å². The van der Waals surface area contributed by atoms with Crippen LogP contribution in [0.2, 0.25) is 0 Å². The fraction of sp³-hybridized carbons (Fsp3) is 0.154. The highest BCUT2D eigenvalue weighted by Gasteiger charge is 2.32. The van der Waals surface area contributed by atoms with Crippen molar-refractivity contribution in [3.63, 3.8) is 0 Å². The van der Waals surface area contributed by atoms with E-state index in [1.165, 1.54) is 12.1 Å². The first-order valence-electron chi connectivity index (χ1n) is 5.82. The number of nitrogens with zero attached hydrogens (tertiary/aromatic N) is 2. The van der Waals surface area contributed by atoms with Crippen LogP contribution in [0.5, 0.6) is 0 Å². The minimum absolute atomic E-state index is 0.0965. The summed E-state index contributed by atoms with van der Waals surface area (Å²) in [6.45, 7) is 0.114. The van der Waals surface area contributed by atoms with Gasteiger partial charge in [-0.25, -0.2) is 14.8 Å². The minimum atomic E-state index is -4.54. The van der Waals surface area contributed by atoms with E-state index >= 15 is 0 Å². The maximum atomic E-state index is 12.5. The zero-order chi connectivity index (χ0) is 15.5. The molecule has 0 amide bonds. The largest absolute Gasteiger partial charge is 0.478 e. The van der Waals surface area contributed by atoms with Crippen molar-refractivity contribution in [1.29, 1.82) is 0 Å². The molecule has 110 valence electrons. The Bertz CT molecular complexity index is 659. The standard InChI is InChI=1S/C13H10F3N3O2/c14-13(15,16)10-4-5-17-12(19-10)18-7-8-2-1-3-9(6-8)11(20)21/h1-6H,7H2,(H,20,21)(H,17,18,19). The molecule has 2 rings (SSSR count). The van der Waals surface area contributed by atoms with E-state index in [1.54, 1.807) is 12.1 Å². The summed E-state index contributed by atoms with van der Waals surface area (Å²) in [5.41, 5.74) is -0.352. The summed E-state index contributed by atoms with van der Waals surface area (Å²) in [6.07, 6.45) is -3.53. The van der Waals surface area contributed by atoms with Gasteiger partial charge in [-0.3, -0.25) is 0 Å². The zero-order valence-corrected chi connectivity index (χ0v) is 10.6. The molecule has 0 spiro atoms. The Balaban J connectivity index is 2.10. The number of halogens is 3. The number of carboxylic acids is 1. The summed E-state index contributed by atoms with van der Waals surface area (Å²) in [6, 6.07) is 6.81. The summed E-state index contributed by atoms with van der Waals surface area (Å²) in [5.74, 6) is -1.25. The van der Waals surface area contributed by atoms with Crippen LogP contribution in [0.25, 0.3) is 0 Å². The number of nitrogens with one attached hydrogen (secondary N) is 1. The highest BCUT2D eigenvalue weighted by Crippen LogP contribution is 2.27. The number of carboxylic acid groups (broad SMARTS) is 1. The molecule has 5 nitrogen and oxygen atoms in total. The molecule has 0 aliphatic carbocycles. The van der Waals surface area contributed by atoms with Crippen molar-refractivity contribution in [2.45, 2.75) is 12.7 Å². The molecule has 0 saturated carbocycles. The predicted molar refractivity (Wildman–Crippen MR) is 67.8 cm³/mol. The third-order valence-electron chi connectivity index (χ3n) is 2.57. The van der Waals surface area contributed by atoms with Crippen molar-refractivity contribution in [2.24, 2.45) is 0 Å². The monoisotopic (exact) mass is 297 g/mol. The van der Waals surface area contributed by atoms with E-state index in [4.69, 9.17) is 5.11 Å². The molecular weight excluding hydrogens is 287 g/mol. The second kappa shape index (κ2) is 5.78.